The van der Waals surface area contributed by atoms with Gasteiger partial charge in [0.15, 0.2) is 5.82 Å². The number of nitrogens with zero attached hydrogens (tertiary/aromatic N) is 6. The van der Waals surface area contributed by atoms with Crippen LogP contribution in [-0.4, -0.2) is 73.7 Å². The lowest BCUT2D eigenvalue weighted by Gasteiger charge is -2.28. The van der Waals surface area contributed by atoms with Crippen molar-refractivity contribution in [2.45, 2.75) is 32.7 Å². The summed E-state index contributed by atoms with van der Waals surface area (Å²) in [6.07, 6.45) is 4.96. The number of carbonyl (C=O) groups is 1. The number of nitrogens with two attached hydrogens (primary N) is 1. The first-order valence-corrected chi connectivity index (χ1v) is 13.0. The molecule has 0 atom stereocenters. The van der Waals surface area contributed by atoms with Gasteiger partial charge in [0.2, 0.25) is 0 Å². The Balaban J connectivity index is 1.59. The van der Waals surface area contributed by atoms with Gasteiger partial charge < -0.3 is 20.5 Å². The van der Waals surface area contributed by atoms with Crippen molar-refractivity contribution in [3.8, 4) is 22.5 Å². The molecule has 3 aromatic heterocycles. The van der Waals surface area contributed by atoms with Gasteiger partial charge in [-0.15, -0.1) is 0 Å². The Kier molecular flexibility index (Phi) is 7.13. The van der Waals surface area contributed by atoms with Crippen LogP contribution in [0.25, 0.3) is 28.0 Å². The fourth-order valence-electron chi connectivity index (χ4n) is 5.04. The normalized spacial score (nSPS) is 14.8. The van der Waals surface area contributed by atoms with E-state index in [9.17, 15) is 9.90 Å². The highest BCUT2D eigenvalue weighted by Gasteiger charge is 2.26. The lowest BCUT2D eigenvalue weighted by atomic mass is 9.94. The summed E-state index contributed by atoms with van der Waals surface area (Å²) < 4.78 is 9.32. The molecule has 3 N–H and O–H groups in total. The molecule has 1 aliphatic rings. The third kappa shape index (κ3) is 4.87. The van der Waals surface area contributed by atoms with E-state index in [-0.39, 0.29) is 18.6 Å². The van der Waals surface area contributed by atoms with Crippen molar-refractivity contribution >= 4 is 28.8 Å². The van der Waals surface area contributed by atoms with E-state index < -0.39 is 5.41 Å². The topological polar surface area (TPSA) is 124 Å². The van der Waals surface area contributed by atoms with E-state index in [0.717, 1.165) is 35.4 Å². The minimum atomic E-state index is -0.441. The first-order valence-electron chi connectivity index (χ1n) is 12.6. The monoisotopic (exact) mass is 537 g/mol. The lowest BCUT2D eigenvalue weighted by Crippen LogP contribution is -2.37. The van der Waals surface area contributed by atoms with E-state index in [2.05, 4.69) is 15.2 Å². The van der Waals surface area contributed by atoms with E-state index in [1.165, 1.54) is 6.33 Å². The molecule has 10 nitrogen and oxygen atoms in total. The summed E-state index contributed by atoms with van der Waals surface area (Å²) in [6.45, 7) is 5.53. The van der Waals surface area contributed by atoms with Gasteiger partial charge in [-0.3, -0.25) is 9.48 Å². The summed E-state index contributed by atoms with van der Waals surface area (Å²) in [5.41, 5.74) is 10.2. The summed E-state index contributed by atoms with van der Waals surface area (Å²) in [6, 6.07) is 9.53. The van der Waals surface area contributed by atoms with E-state index in [0.29, 0.717) is 41.7 Å². The van der Waals surface area contributed by atoms with Crippen molar-refractivity contribution in [1.29, 1.82) is 0 Å². The van der Waals surface area contributed by atoms with Gasteiger partial charge in [0.05, 0.1) is 28.0 Å². The van der Waals surface area contributed by atoms with E-state index in [1.54, 1.807) is 34.8 Å². The van der Waals surface area contributed by atoms with Crippen molar-refractivity contribution in [2.75, 3.05) is 39.1 Å². The van der Waals surface area contributed by atoms with Crippen LogP contribution in [-0.2, 0) is 4.74 Å². The second-order valence-electron chi connectivity index (χ2n) is 10.5. The maximum Gasteiger partial charge on any atom is 0.255 e. The van der Waals surface area contributed by atoms with Crippen LogP contribution < -0.4 is 5.73 Å². The SMILES string of the molecule is CN(CC(C)(C)CO)C(=O)c1cc(-c2cc(-c3ccnn3C3CCOCC3)c3c(N)ncnn23)ccc1Cl. The molecule has 1 amide bonds. The molecule has 5 rings (SSSR count). The number of aliphatic hydroxyl groups is 1. The molecule has 0 aliphatic carbocycles. The van der Waals surface area contributed by atoms with Gasteiger partial charge in [-0.25, -0.2) is 9.50 Å². The molecular formula is C27H32ClN7O3. The maximum absolute atomic E-state index is 13.4. The van der Waals surface area contributed by atoms with Crippen LogP contribution in [0.1, 0.15) is 43.1 Å². The summed E-state index contributed by atoms with van der Waals surface area (Å²) >= 11 is 6.49. The zero-order chi connectivity index (χ0) is 27.0. The van der Waals surface area contributed by atoms with Crippen LogP contribution in [0.4, 0.5) is 5.82 Å². The number of amides is 1. The smallest absolute Gasteiger partial charge is 0.255 e. The first-order chi connectivity index (χ1) is 18.2. The molecule has 0 bridgehead atoms. The summed E-state index contributed by atoms with van der Waals surface area (Å²) in [7, 11) is 1.71. The Labute approximate surface area is 226 Å². The highest BCUT2D eigenvalue weighted by atomic mass is 35.5. The van der Waals surface area contributed by atoms with Crippen molar-refractivity contribution < 1.29 is 14.6 Å². The Morgan fingerprint density at radius 1 is 1.21 bits per heavy atom. The summed E-state index contributed by atoms with van der Waals surface area (Å²) in [5, 5.41) is 19.1. The standard InChI is InChI=1S/C27H32ClN7O3/c1-27(2,15-36)14-33(3)26(37)19-12-17(4-5-21(19)28)23-13-20(24-25(29)30-16-32-35(23)24)22-6-9-31-34(22)18-7-10-38-11-8-18/h4-6,9,12-13,16,18,36H,7-8,10-11,14-15H2,1-3H3,(H2,29,30,32). The minimum absolute atomic E-state index is 0.0388. The minimum Gasteiger partial charge on any atom is -0.396 e. The number of nitrogen functional groups attached to an aromatic ring is 1. The molecule has 0 saturated carbocycles. The molecule has 4 heterocycles. The molecule has 11 heteroatoms. The number of fused-ring (bicyclic) bond motifs is 1. The first kappa shape index (κ1) is 26.1. The molecule has 1 saturated heterocycles. The second-order valence-corrected chi connectivity index (χ2v) is 10.9. The maximum atomic E-state index is 13.4. The molecule has 1 aromatic carbocycles. The molecule has 4 aromatic rings. The van der Waals surface area contributed by atoms with Gasteiger partial charge in [-0.05, 0) is 37.1 Å². The number of rotatable bonds is 7. The number of ether oxygens (including phenoxy) is 1. The Bertz CT molecular complexity index is 1470. The number of benzene rings is 1. The highest BCUT2D eigenvalue weighted by Crippen LogP contribution is 2.37. The average molecular weight is 538 g/mol. The van der Waals surface area contributed by atoms with Crippen LogP contribution >= 0.6 is 11.6 Å². The molecule has 0 unspecified atom stereocenters. The third-order valence-electron chi connectivity index (χ3n) is 7.00. The molecule has 0 spiro atoms. The number of aromatic nitrogens is 5. The zero-order valence-corrected chi connectivity index (χ0v) is 22.5. The van der Waals surface area contributed by atoms with Crippen molar-refractivity contribution in [3.05, 3.63) is 53.4 Å². The van der Waals surface area contributed by atoms with E-state index >= 15 is 0 Å². The average Bonchev–Trinajstić information content (AvgIpc) is 3.55. The van der Waals surface area contributed by atoms with E-state index in [4.69, 9.17) is 22.1 Å². The van der Waals surface area contributed by atoms with Gasteiger partial charge in [0.25, 0.3) is 5.91 Å². The number of aliphatic hydroxyl groups excluding tert-OH is 1. The quantitative estimate of drug-likeness (QED) is 0.366. The number of anilines is 1. The Morgan fingerprint density at radius 2 is 1.97 bits per heavy atom. The fourth-order valence-corrected chi connectivity index (χ4v) is 5.23. The Morgan fingerprint density at radius 3 is 2.71 bits per heavy atom. The van der Waals surface area contributed by atoms with Gasteiger partial charge in [-0.2, -0.15) is 10.2 Å². The molecule has 0 radical (unpaired) electrons. The van der Waals surface area contributed by atoms with Crippen LogP contribution in [0.15, 0.2) is 42.9 Å². The number of hydrogen-bond donors (Lipinski definition) is 2. The predicted molar refractivity (Wildman–Crippen MR) is 146 cm³/mol. The van der Waals surface area contributed by atoms with Crippen molar-refractivity contribution in [3.63, 3.8) is 0 Å². The third-order valence-corrected chi connectivity index (χ3v) is 7.33. The van der Waals surface area contributed by atoms with E-state index in [1.807, 2.05) is 36.7 Å². The number of hydrogen-bond acceptors (Lipinski definition) is 7. The van der Waals surface area contributed by atoms with Crippen LogP contribution in [0.2, 0.25) is 5.02 Å². The van der Waals surface area contributed by atoms with Gasteiger partial charge >= 0.3 is 0 Å². The van der Waals surface area contributed by atoms with Gasteiger partial charge in [0.1, 0.15) is 11.8 Å². The fraction of sp³-hybridized carbons (Fsp3) is 0.407. The van der Waals surface area contributed by atoms with Gasteiger partial charge in [-0.1, -0.05) is 31.5 Å². The van der Waals surface area contributed by atoms with Crippen molar-refractivity contribution in [2.24, 2.45) is 5.41 Å². The molecule has 1 fully saturated rings. The lowest BCUT2D eigenvalue weighted by molar-refractivity contribution is 0.0662. The summed E-state index contributed by atoms with van der Waals surface area (Å²) in [5.74, 6) is 0.114. The number of halogens is 1. The Hall–Kier alpha value is -3.47. The highest BCUT2D eigenvalue weighted by molar-refractivity contribution is 6.34. The summed E-state index contributed by atoms with van der Waals surface area (Å²) in [4.78, 5) is 19.2. The number of carbonyl (C=O) groups excluding carboxylic acids is 1. The largest absolute Gasteiger partial charge is 0.396 e. The van der Waals surface area contributed by atoms with Crippen molar-refractivity contribution in [1.82, 2.24) is 29.3 Å². The van der Waals surface area contributed by atoms with Crippen LogP contribution in [0.5, 0.6) is 0 Å². The molecule has 38 heavy (non-hydrogen) atoms. The second kappa shape index (κ2) is 10.4. The molecular weight excluding hydrogens is 506 g/mol. The zero-order valence-electron chi connectivity index (χ0n) is 21.8. The van der Waals surface area contributed by atoms with Crippen LogP contribution in [0.3, 0.4) is 0 Å². The molecule has 1 aliphatic heterocycles. The van der Waals surface area contributed by atoms with Crippen LogP contribution in [0, 0.1) is 5.41 Å². The van der Waals surface area contributed by atoms with Gasteiger partial charge in [0, 0.05) is 56.2 Å². The predicted octanol–water partition coefficient (Wildman–Crippen LogP) is 3.94. The molecule has 200 valence electrons.